The molecule has 0 spiro atoms. The summed E-state index contributed by atoms with van der Waals surface area (Å²) in [5.41, 5.74) is -0.937. The second kappa shape index (κ2) is 8.93. The molecule has 0 aromatic heterocycles. The number of ether oxygens (including phenoxy) is 1. The van der Waals surface area contributed by atoms with E-state index in [2.05, 4.69) is 0 Å². The van der Waals surface area contributed by atoms with Gasteiger partial charge in [0.05, 0.1) is 23.8 Å². The molecule has 8 heteroatoms. The fourth-order valence-corrected chi connectivity index (χ4v) is 5.72. The summed E-state index contributed by atoms with van der Waals surface area (Å²) < 4.78 is 46.2. The summed E-state index contributed by atoms with van der Waals surface area (Å²) in [5, 5.41) is 9.08. The molecule has 1 aromatic rings. The number of halogens is 3. The average molecular weight is 450 g/mol. The van der Waals surface area contributed by atoms with E-state index in [4.69, 9.17) is 10.00 Å². The normalized spacial score (nSPS) is 26.3. The van der Waals surface area contributed by atoms with Crippen LogP contribution in [0.5, 0.6) is 0 Å². The van der Waals surface area contributed by atoms with Gasteiger partial charge in [-0.3, -0.25) is 4.79 Å². The molecule has 0 bridgehead atoms. The molecule has 0 unspecified atom stereocenters. The van der Waals surface area contributed by atoms with Gasteiger partial charge in [0, 0.05) is 55.7 Å². The second-order valence-corrected chi connectivity index (χ2v) is 9.43. The molecule has 2 aliphatic heterocycles. The van der Waals surface area contributed by atoms with Crippen LogP contribution in [0, 0.1) is 28.6 Å². The molecule has 5 nitrogen and oxygen atoms in total. The van der Waals surface area contributed by atoms with Crippen LogP contribution in [0.25, 0.3) is 0 Å². The van der Waals surface area contributed by atoms with Crippen LogP contribution in [0.3, 0.4) is 0 Å². The van der Waals surface area contributed by atoms with Gasteiger partial charge >= 0.3 is 6.18 Å². The maximum atomic E-state index is 13.5. The number of carbonyl (C=O) groups is 1. The number of hydrogen-bond acceptors (Lipinski definition) is 4. The lowest BCUT2D eigenvalue weighted by Crippen LogP contribution is -2.49. The van der Waals surface area contributed by atoms with Crippen molar-refractivity contribution in [2.75, 3.05) is 44.3 Å². The number of nitrogens with zero attached hydrogens (tertiary/aromatic N) is 3. The Hall–Kier alpha value is -2.27. The number of benzene rings is 1. The van der Waals surface area contributed by atoms with Crippen LogP contribution in [0.4, 0.5) is 18.9 Å². The number of fused-ring (bicyclic) bond motifs is 1. The Morgan fingerprint density at radius 2 is 2.03 bits per heavy atom. The molecular weight excluding hydrogens is 419 g/mol. The second-order valence-electron chi connectivity index (χ2n) is 9.43. The first-order chi connectivity index (χ1) is 15.3. The SMILES string of the molecule is CCOC[C@@]12CCN(c3ccc(C#N)c(C(F)(F)F)c3)C[C@@H]1CN(C(=O)C1CCCC1)C2. The van der Waals surface area contributed by atoms with Gasteiger partial charge in [-0.05, 0) is 44.4 Å². The zero-order valence-electron chi connectivity index (χ0n) is 18.5. The van der Waals surface area contributed by atoms with Crippen molar-refractivity contribution in [2.45, 2.75) is 45.2 Å². The topological polar surface area (TPSA) is 56.6 Å². The van der Waals surface area contributed by atoms with Crippen LogP contribution >= 0.6 is 0 Å². The van der Waals surface area contributed by atoms with Crippen molar-refractivity contribution in [3.05, 3.63) is 29.3 Å². The van der Waals surface area contributed by atoms with Gasteiger partial charge in [0.15, 0.2) is 0 Å². The van der Waals surface area contributed by atoms with Gasteiger partial charge in [-0.25, -0.2) is 0 Å². The summed E-state index contributed by atoms with van der Waals surface area (Å²) in [5.74, 6) is 0.485. The van der Waals surface area contributed by atoms with Crippen LogP contribution in [-0.4, -0.2) is 50.2 Å². The van der Waals surface area contributed by atoms with Crippen molar-refractivity contribution in [3.63, 3.8) is 0 Å². The molecule has 32 heavy (non-hydrogen) atoms. The first kappa shape index (κ1) is 22.9. The predicted octanol–water partition coefficient (Wildman–Crippen LogP) is 4.46. The van der Waals surface area contributed by atoms with Crippen molar-refractivity contribution >= 4 is 11.6 Å². The van der Waals surface area contributed by atoms with E-state index >= 15 is 0 Å². The highest BCUT2D eigenvalue weighted by Crippen LogP contribution is 2.46. The Morgan fingerprint density at radius 1 is 1.28 bits per heavy atom. The Kier molecular flexibility index (Phi) is 6.39. The number of hydrogen-bond donors (Lipinski definition) is 0. The van der Waals surface area contributed by atoms with Gasteiger partial charge in [-0.15, -0.1) is 0 Å². The molecule has 1 aromatic carbocycles. The van der Waals surface area contributed by atoms with E-state index in [1.54, 1.807) is 12.1 Å². The summed E-state index contributed by atoms with van der Waals surface area (Å²) in [6, 6.07) is 5.58. The van der Waals surface area contributed by atoms with Crippen molar-refractivity contribution in [2.24, 2.45) is 17.3 Å². The third-order valence-corrected chi connectivity index (χ3v) is 7.54. The highest BCUT2D eigenvalue weighted by Gasteiger charge is 2.51. The number of piperidine rings is 1. The minimum absolute atomic E-state index is 0.114. The van der Waals surface area contributed by atoms with E-state index < -0.39 is 11.7 Å². The van der Waals surface area contributed by atoms with Crippen LogP contribution in [-0.2, 0) is 15.7 Å². The van der Waals surface area contributed by atoms with E-state index in [-0.39, 0.29) is 28.7 Å². The Balaban J connectivity index is 1.56. The van der Waals surface area contributed by atoms with Crippen LogP contribution < -0.4 is 4.90 Å². The number of likely N-dealkylation sites (tertiary alicyclic amines) is 1. The number of nitriles is 1. The van der Waals surface area contributed by atoms with Crippen molar-refractivity contribution in [1.29, 1.82) is 5.26 Å². The third-order valence-electron chi connectivity index (χ3n) is 7.54. The fourth-order valence-electron chi connectivity index (χ4n) is 5.72. The van der Waals surface area contributed by atoms with Gasteiger partial charge < -0.3 is 14.5 Å². The molecule has 1 saturated carbocycles. The largest absolute Gasteiger partial charge is 0.417 e. The number of alkyl halides is 3. The third kappa shape index (κ3) is 4.32. The van der Waals surface area contributed by atoms with Gasteiger partial charge in [0.1, 0.15) is 0 Å². The summed E-state index contributed by atoms with van der Waals surface area (Å²) >= 11 is 0. The minimum atomic E-state index is -4.58. The van der Waals surface area contributed by atoms with Gasteiger partial charge in [-0.2, -0.15) is 18.4 Å². The van der Waals surface area contributed by atoms with Crippen LogP contribution in [0.15, 0.2) is 18.2 Å². The molecule has 4 rings (SSSR count). The number of carbonyl (C=O) groups excluding carboxylic acids is 1. The minimum Gasteiger partial charge on any atom is -0.381 e. The summed E-state index contributed by atoms with van der Waals surface area (Å²) in [4.78, 5) is 17.1. The van der Waals surface area contributed by atoms with E-state index in [0.29, 0.717) is 45.1 Å². The first-order valence-electron chi connectivity index (χ1n) is 11.5. The lowest BCUT2D eigenvalue weighted by atomic mass is 9.73. The smallest absolute Gasteiger partial charge is 0.381 e. The molecule has 3 fully saturated rings. The van der Waals surface area contributed by atoms with Crippen LogP contribution in [0.2, 0.25) is 0 Å². The molecule has 174 valence electrons. The summed E-state index contributed by atoms with van der Waals surface area (Å²) in [6.45, 7) is 5.58. The summed E-state index contributed by atoms with van der Waals surface area (Å²) in [6.07, 6.45) is 0.296. The molecule has 2 heterocycles. The number of anilines is 1. The van der Waals surface area contributed by atoms with Gasteiger partial charge in [-0.1, -0.05) is 12.8 Å². The molecule has 2 saturated heterocycles. The van der Waals surface area contributed by atoms with Gasteiger partial charge in [0.2, 0.25) is 5.91 Å². The molecule has 0 radical (unpaired) electrons. The average Bonchev–Trinajstić information content (AvgIpc) is 3.44. The van der Waals surface area contributed by atoms with Crippen molar-refractivity contribution in [3.8, 4) is 6.07 Å². The molecule has 1 amide bonds. The highest BCUT2D eigenvalue weighted by molar-refractivity contribution is 5.79. The van der Waals surface area contributed by atoms with E-state index in [0.717, 1.165) is 38.2 Å². The monoisotopic (exact) mass is 449 g/mol. The van der Waals surface area contributed by atoms with Crippen molar-refractivity contribution < 1.29 is 22.7 Å². The van der Waals surface area contributed by atoms with E-state index in [9.17, 15) is 18.0 Å². The zero-order chi connectivity index (χ0) is 22.9. The predicted molar refractivity (Wildman–Crippen MR) is 114 cm³/mol. The first-order valence-corrected chi connectivity index (χ1v) is 11.5. The summed E-state index contributed by atoms with van der Waals surface area (Å²) in [7, 11) is 0. The maximum Gasteiger partial charge on any atom is 0.417 e. The lowest BCUT2D eigenvalue weighted by Gasteiger charge is -2.44. The Morgan fingerprint density at radius 3 is 2.69 bits per heavy atom. The van der Waals surface area contributed by atoms with Crippen LogP contribution in [0.1, 0.15) is 50.2 Å². The lowest BCUT2D eigenvalue weighted by molar-refractivity contribution is -0.138. The zero-order valence-corrected chi connectivity index (χ0v) is 18.5. The fraction of sp³-hybridized carbons (Fsp3) is 0.667. The number of rotatable bonds is 5. The quantitative estimate of drug-likeness (QED) is 0.666. The Labute approximate surface area is 187 Å². The standard InChI is InChI=1S/C24H30F3N3O2/c1-2-32-16-23-9-10-29(20-8-7-18(12-28)21(11-20)24(25,26)27)13-19(23)14-30(15-23)22(31)17-5-3-4-6-17/h7-8,11,17,19H,2-6,9-10,13-16H2,1H3/t19-,23+/m1/s1. The van der Waals surface area contributed by atoms with Crippen molar-refractivity contribution in [1.82, 2.24) is 4.90 Å². The van der Waals surface area contributed by atoms with E-state index in [1.807, 2.05) is 16.7 Å². The Bertz CT molecular complexity index is 891. The maximum absolute atomic E-state index is 13.5. The highest BCUT2D eigenvalue weighted by atomic mass is 19.4. The van der Waals surface area contributed by atoms with E-state index in [1.165, 1.54) is 6.07 Å². The molecule has 0 N–H and O–H groups in total. The molecule has 1 aliphatic carbocycles. The molecule has 2 atom stereocenters. The van der Waals surface area contributed by atoms with Gasteiger partial charge in [0.25, 0.3) is 0 Å². The molecule has 3 aliphatic rings. The number of amides is 1. The molecular formula is C24H30F3N3O2.